The fourth-order valence-corrected chi connectivity index (χ4v) is 3.27. The SMILES string of the molecule is C=CCCCn1nc(C(N)=O)c2c([C@@H](C(N)=O)C(C)(C)C)cccc21. The van der Waals surface area contributed by atoms with Crippen LogP contribution in [0.25, 0.3) is 10.9 Å². The maximum Gasteiger partial charge on any atom is 0.269 e. The number of fused-ring (bicyclic) bond motifs is 1. The van der Waals surface area contributed by atoms with Gasteiger partial charge in [-0.05, 0) is 29.9 Å². The number of aryl methyl sites for hydroxylation is 1. The number of unbranched alkanes of at least 4 members (excludes halogenated alkanes) is 1. The molecule has 1 aromatic heterocycles. The monoisotopic (exact) mass is 342 g/mol. The van der Waals surface area contributed by atoms with Crippen molar-refractivity contribution in [1.29, 1.82) is 0 Å². The van der Waals surface area contributed by atoms with Crippen molar-refractivity contribution in [2.45, 2.75) is 46.1 Å². The molecule has 1 aromatic carbocycles. The molecule has 1 atom stereocenters. The normalized spacial score (nSPS) is 12.9. The van der Waals surface area contributed by atoms with Gasteiger partial charge in [-0.15, -0.1) is 6.58 Å². The Kier molecular flexibility index (Phi) is 5.30. The molecule has 0 aliphatic heterocycles. The summed E-state index contributed by atoms with van der Waals surface area (Å²) < 4.78 is 1.77. The van der Waals surface area contributed by atoms with E-state index in [1.807, 2.05) is 45.0 Å². The van der Waals surface area contributed by atoms with Gasteiger partial charge < -0.3 is 11.5 Å². The van der Waals surface area contributed by atoms with Crippen LogP contribution in [0.15, 0.2) is 30.9 Å². The molecule has 6 heteroatoms. The molecular formula is C19H26N4O2. The average molecular weight is 342 g/mol. The predicted octanol–water partition coefficient (Wildman–Crippen LogP) is 2.72. The van der Waals surface area contributed by atoms with E-state index in [1.165, 1.54) is 0 Å². The molecule has 0 radical (unpaired) electrons. The first-order valence-electron chi connectivity index (χ1n) is 8.38. The van der Waals surface area contributed by atoms with Crippen LogP contribution < -0.4 is 11.5 Å². The molecule has 0 aliphatic rings. The van der Waals surface area contributed by atoms with Gasteiger partial charge >= 0.3 is 0 Å². The number of allylic oxidation sites excluding steroid dienone is 1. The third kappa shape index (κ3) is 3.73. The van der Waals surface area contributed by atoms with Gasteiger partial charge in [-0.3, -0.25) is 14.3 Å². The minimum absolute atomic E-state index is 0.180. The zero-order valence-corrected chi connectivity index (χ0v) is 15.1. The highest BCUT2D eigenvalue weighted by molar-refractivity contribution is 6.06. The van der Waals surface area contributed by atoms with Crippen molar-refractivity contribution < 1.29 is 9.59 Å². The smallest absolute Gasteiger partial charge is 0.269 e. The molecule has 4 N–H and O–H groups in total. The molecule has 25 heavy (non-hydrogen) atoms. The standard InChI is InChI=1S/C19H26N4O2/c1-5-6-7-11-23-13-10-8-9-12(14(13)16(22-23)18(21)25)15(17(20)24)19(2,3)4/h5,8-10,15H,1,6-7,11H2,2-4H3,(H2,20,24)(H2,21,25)/t15-/m0/s1. The summed E-state index contributed by atoms with van der Waals surface area (Å²) in [5, 5.41) is 5.02. The van der Waals surface area contributed by atoms with E-state index in [0.29, 0.717) is 17.5 Å². The molecule has 0 fully saturated rings. The summed E-state index contributed by atoms with van der Waals surface area (Å²) in [5.74, 6) is -1.60. The highest BCUT2D eigenvalue weighted by atomic mass is 16.1. The fraction of sp³-hybridized carbons (Fsp3) is 0.421. The first kappa shape index (κ1) is 18.7. The molecule has 2 amide bonds. The molecule has 0 saturated heterocycles. The Labute approximate surface area is 147 Å². The summed E-state index contributed by atoms with van der Waals surface area (Å²) in [7, 11) is 0. The highest BCUT2D eigenvalue weighted by Crippen LogP contribution is 2.39. The molecule has 0 aliphatic carbocycles. The maximum atomic E-state index is 12.2. The quantitative estimate of drug-likeness (QED) is 0.597. The summed E-state index contributed by atoms with van der Waals surface area (Å²) in [5.41, 5.74) is 12.5. The van der Waals surface area contributed by atoms with Crippen molar-refractivity contribution in [3.63, 3.8) is 0 Å². The topological polar surface area (TPSA) is 104 Å². The maximum absolute atomic E-state index is 12.2. The molecular weight excluding hydrogens is 316 g/mol. The molecule has 0 spiro atoms. The molecule has 6 nitrogen and oxygen atoms in total. The Morgan fingerprint density at radius 2 is 2.00 bits per heavy atom. The number of hydrogen-bond acceptors (Lipinski definition) is 3. The van der Waals surface area contributed by atoms with Crippen molar-refractivity contribution in [2.24, 2.45) is 16.9 Å². The van der Waals surface area contributed by atoms with E-state index in [1.54, 1.807) is 4.68 Å². The zero-order valence-electron chi connectivity index (χ0n) is 15.1. The Bertz CT molecular complexity index is 815. The van der Waals surface area contributed by atoms with Crippen LogP contribution in [0.4, 0.5) is 0 Å². The predicted molar refractivity (Wildman–Crippen MR) is 99.1 cm³/mol. The first-order valence-corrected chi connectivity index (χ1v) is 8.38. The van der Waals surface area contributed by atoms with Gasteiger partial charge in [0.05, 0.1) is 11.4 Å². The third-order valence-corrected chi connectivity index (χ3v) is 4.28. The lowest BCUT2D eigenvalue weighted by Crippen LogP contribution is -2.32. The molecule has 2 rings (SSSR count). The second-order valence-electron chi connectivity index (χ2n) is 7.31. The third-order valence-electron chi connectivity index (χ3n) is 4.28. The lowest BCUT2D eigenvalue weighted by atomic mass is 9.75. The number of aromatic nitrogens is 2. The number of nitrogens with two attached hydrogens (primary N) is 2. The van der Waals surface area contributed by atoms with Crippen molar-refractivity contribution in [2.75, 3.05) is 0 Å². The Morgan fingerprint density at radius 3 is 2.52 bits per heavy atom. The summed E-state index contributed by atoms with van der Waals surface area (Å²) in [6.45, 7) is 10.2. The van der Waals surface area contributed by atoms with Gasteiger partial charge in [0.1, 0.15) is 0 Å². The Balaban J connectivity index is 2.72. The van der Waals surface area contributed by atoms with E-state index >= 15 is 0 Å². The molecule has 0 saturated carbocycles. The first-order chi connectivity index (χ1) is 11.7. The second-order valence-corrected chi connectivity index (χ2v) is 7.31. The summed E-state index contributed by atoms with van der Waals surface area (Å²) in [6.07, 6.45) is 3.54. The molecule has 1 heterocycles. The lowest BCUT2D eigenvalue weighted by molar-refractivity contribution is -0.121. The van der Waals surface area contributed by atoms with E-state index in [-0.39, 0.29) is 5.69 Å². The van der Waals surface area contributed by atoms with Crippen molar-refractivity contribution in [1.82, 2.24) is 9.78 Å². The zero-order chi connectivity index (χ0) is 18.8. The molecule has 0 bridgehead atoms. The minimum Gasteiger partial charge on any atom is -0.369 e. The van der Waals surface area contributed by atoms with Crippen molar-refractivity contribution in [3.05, 3.63) is 42.1 Å². The van der Waals surface area contributed by atoms with Crippen LogP contribution in [0.2, 0.25) is 0 Å². The van der Waals surface area contributed by atoms with Gasteiger partial charge in [-0.2, -0.15) is 5.10 Å². The number of rotatable bonds is 7. The number of nitrogens with zero attached hydrogens (tertiary/aromatic N) is 2. The van der Waals surface area contributed by atoms with Gasteiger partial charge in [0.2, 0.25) is 5.91 Å². The van der Waals surface area contributed by atoms with Gasteiger partial charge in [-0.1, -0.05) is 39.0 Å². The molecule has 2 aromatic rings. The van der Waals surface area contributed by atoms with Crippen molar-refractivity contribution >= 4 is 22.7 Å². The number of hydrogen-bond donors (Lipinski definition) is 2. The van der Waals surface area contributed by atoms with Crippen LogP contribution in [-0.2, 0) is 11.3 Å². The van der Waals surface area contributed by atoms with Crippen LogP contribution in [0.5, 0.6) is 0 Å². The summed E-state index contributed by atoms with van der Waals surface area (Å²) in [6, 6.07) is 5.56. The van der Waals surface area contributed by atoms with E-state index in [4.69, 9.17) is 11.5 Å². The Hall–Kier alpha value is -2.63. The largest absolute Gasteiger partial charge is 0.369 e. The second kappa shape index (κ2) is 7.09. The average Bonchev–Trinajstić information content (AvgIpc) is 2.86. The van der Waals surface area contributed by atoms with E-state index in [0.717, 1.165) is 18.4 Å². The van der Waals surface area contributed by atoms with E-state index < -0.39 is 23.1 Å². The number of carbonyl (C=O) groups is 2. The van der Waals surface area contributed by atoms with Crippen molar-refractivity contribution in [3.8, 4) is 0 Å². The highest BCUT2D eigenvalue weighted by Gasteiger charge is 2.34. The van der Waals surface area contributed by atoms with Gasteiger partial charge in [0.15, 0.2) is 5.69 Å². The Morgan fingerprint density at radius 1 is 1.32 bits per heavy atom. The van der Waals surface area contributed by atoms with Crippen LogP contribution in [0.3, 0.4) is 0 Å². The van der Waals surface area contributed by atoms with E-state index in [2.05, 4.69) is 11.7 Å². The number of carbonyl (C=O) groups excluding carboxylic acids is 2. The number of amides is 2. The van der Waals surface area contributed by atoms with E-state index in [9.17, 15) is 9.59 Å². The molecule has 134 valence electrons. The number of primary amides is 2. The summed E-state index contributed by atoms with van der Waals surface area (Å²) in [4.78, 5) is 24.1. The summed E-state index contributed by atoms with van der Waals surface area (Å²) >= 11 is 0. The van der Waals surface area contributed by atoms with Crippen LogP contribution in [0, 0.1) is 5.41 Å². The van der Waals surface area contributed by atoms with Crippen LogP contribution in [0.1, 0.15) is 55.6 Å². The molecule has 0 unspecified atom stereocenters. The van der Waals surface area contributed by atoms with Gasteiger partial charge in [0.25, 0.3) is 5.91 Å². The van der Waals surface area contributed by atoms with Gasteiger partial charge in [0, 0.05) is 11.9 Å². The fourth-order valence-electron chi connectivity index (χ4n) is 3.27. The van der Waals surface area contributed by atoms with Gasteiger partial charge in [-0.25, -0.2) is 0 Å². The lowest BCUT2D eigenvalue weighted by Gasteiger charge is -2.29. The number of benzene rings is 1. The van der Waals surface area contributed by atoms with Crippen LogP contribution >= 0.6 is 0 Å². The van der Waals surface area contributed by atoms with Crippen LogP contribution in [-0.4, -0.2) is 21.6 Å². The minimum atomic E-state index is -0.614.